The Balaban J connectivity index is 1.54. The van der Waals surface area contributed by atoms with Crippen LogP contribution in [0.3, 0.4) is 0 Å². The lowest BCUT2D eigenvalue weighted by Gasteiger charge is -2.22. The van der Waals surface area contributed by atoms with Crippen LogP contribution in [0.1, 0.15) is 35.5 Å². The van der Waals surface area contributed by atoms with Crippen molar-refractivity contribution in [3.8, 4) is 0 Å². The summed E-state index contributed by atoms with van der Waals surface area (Å²) in [4.78, 5) is 37.9. The molecule has 0 spiro atoms. The van der Waals surface area contributed by atoms with Crippen molar-refractivity contribution in [3.05, 3.63) is 62.9 Å². The highest BCUT2D eigenvalue weighted by Crippen LogP contribution is 2.29. The minimum atomic E-state index is -0.283. The van der Waals surface area contributed by atoms with Crippen LogP contribution in [0.2, 0.25) is 0 Å². The molecule has 1 N–H and O–H groups in total. The number of amides is 1. The summed E-state index contributed by atoms with van der Waals surface area (Å²) in [5, 5.41) is 5.96. The molecule has 0 radical (unpaired) electrons. The zero-order valence-electron chi connectivity index (χ0n) is 16.1. The summed E-state index contributed by atoms with van der Waals surface area (Å²) < 4.78 is 1.74. The fraction of sp³-hybridized carbons (Fsp3) is 0.350. The smallest absolute Gasteiger partial charge is 0.301 e. The number of fused-ring (bicyclic) bond motifs is 1. The average Bonchev–Trinajstić information content (AvgIpc) is 3.14. The van der Waals surface area contributed by atoms with E-state index in [0.717, 1.165) is 48.3 Å². The largest absolute Gasteiger partial charge is 0.349 e. The summed E-state index contributed by atoms with van der Waals surface area (Å²) >= 11 is 2.72. The summed E-state index contributed by atoms with van der Waals surface area (Å²) in [6.07, 6.45) is 5.56. The minimum Gasteiger partial charge on any atom is -0.301 e. The van der Waals surface area contributed by atoms with E-state index >= 15 is 0 Å². The number of nitrogens with zero attached hydrogens (tertiary/aromatic N) is 4. The molecule has 0 saturated heterocycles. The highest BCUT2D eigenvalue weighted by atomic mass is 32.2. The minimum absolute atomic E-state index is 0.145. The first-order valence-electron chi connectivity index (χ1n) is 9.47. The molecule has 4 rings (SSSR count). The fourth-order valence-electron chi connectivity index (χ4n) is 3.38. The van der Waals surface area contributed by atoms with E-state index in [0.29, 0.717) is 16.7 Å². The summed E-state index contributed by atoms with van der Waals surface area (Å²) in [5.74, 6) is 0.0512. The molecule has 0 atom stereocenters. The molecular formula is C20H21N5O2S2. The van der Waals surface area contributed by atoms with E-state index in [1.54, 1.807) is 10.8 Å². The van der Waals surface area contributed by atoms with Crippen LogP contribution < -0.4 is 11.0 Å². The Morgan fingerprint density at radius 3 is 2.90 bits per heavy atom. The van der Waals surface area contributed by atoms with Crippen molar-refractivity contribution in [3.63, 3.8) is 0 Å². The monoisotopic (exact) mass is 427 g/mol. The number of hydrogen-bond donors (Lipinski definition) is 1. The quantitative estimate of drug-likeness (QED) is 0.480. The Morgan fingerprint density at radius 2 is 2.14 bits per heavy atom. The highest BCUT2D eigenvalue weighted by molar-refractivity contribution is 8.00. The number of thiazole rings is 1. The number of rotatable bonds is 6. The number of aryl methyl sites for hydroxylation is 1. The molecule has 3 heterocycles. The third-order valence-electron chi connectivity index (χ3n) is 4.70. The highest BCUT2D eigenvalue weighted by Gasteiger charge is 2.21. The van der Waals surface area contributed by atoms with E-state index in [1.165, 1.54) is 23.1 Å². The maximum atomic E-state index is 12.8. The molecule has 0 bridgehead atoms. The molecule has 29 heavy (non-hydrogen) atoms. The van der Waals surface area contributed by atoms with Crippen LogP contribution in [0.25, 0.3) is 0 Å². The van der Waals surface area contributed by atoms with Crippen LogP contribution >= 0.6 is 23.1 Å². The van der Waals surface area contributed by atoms with Gasteiger partial charge in [-0.1, -0.05) is 17.8 Å². The molecule has 0 unspecified atom stereocenters. The van der Waals surface area contributed by atoms with Gasteiger partial charge in [0, 0.05) is 22.8 Å². The van der Waals surface area contributed by atoms with E-state index in [9.17, 15) is 9.59 Å². The van der Waals surface area contributed by atoms with Crippen molar-refractivity contribution >= 4 is 34.1 Å². The molecular weight excluding hydrogens is 406 g/mol. The number of anilines is 1. The van der Waals surface area contributed by atoms with Gasteiger partial charge in [0.2, 0.25) is 5.91 Å². The average molecular weight is 428 g/mol. The third-order valence-corrected chi connectivity index (χ3v) is 6.60. The zero-order chi connectivity index (χ0) is 20.2. The van der Waals surface area contributed by atoms with Gasteiger partial charge in [0.05, 0.1) is 23.7 Å². The Bertz CT molecular complexity index is 1080. The van der Waals surface area contributed by atoms with Gasteiger partial charge in [-0.3, -0.25) is 14.3 Å². The Kier molecular flexibility index (Phi) is 6.05. The molecule has 1 aliphatic carbocycles. The van der Waals surface area contributed by atoms with E-state index < -0.39 is 0 Å². The van der Waals surface area contributed by atoms with Crippen molar-refractivity contribution in [2.75, 3.05) is 11.1 Å². The van der Waals surface area contributed by atoms with Crippen LogP contribution in [-0.2, 0) is 24.2 Å². The van der Waals surface area contributed by atoms with Crippen LogP contribution in [0.15, 0.2) is 39.6 Å². The zero-order valence-corrected chi connectivity index (χ0v) is 17.7. The van der Waals surface area contributed by atoms with Gasteiger partial charge in [-0.2, -0.15) is 4.98 Å². The molecule has 9 heteroatoms. The molecule has 0 fully saturated rings. The second kappa shape index (κ2) is 8.87. The Morgan fingerprint density at radius 1 is 1.28 bits per heavy atom. The number of carbonyl (C=O) groups is 1. The summed E-state index contributed by atoms with van der Waals surface area (Å²) in [6, 6.07) is 5.69. The van der Waals surface area contributed by atoms with Gasteiger partial charge in [0.1, 0.15) is 5.03 Å². The van der Waals surface area contributed by atoms with Crippen LogP contribution in [0.4, 0.5) is 5.13 Å². The van der Waals surface area contributed by atoms with Crippen molar-refractivity contribution in [1.82, 2.24) is 19.5 Å². The number of thioether (sulfide) groups is 1. The predicted octanol–water partition coefficient (Wildman–Crippen LogP) is 3.06. The van der Waals surface area contributed by atoms with E-state index in [4.69, 9.17) is 0 Å². The molecule has 1 amide bonds. The number of hydrogen-bond acceptors (Lipinski definition) is 7. The number of carbonyl (C=O) groups excluding carboxylic acids is 1. The number of aromatic nitrogens is 4. The van der Waals surface area contributed by atoms with Crippen molar-refractivity contribution < 1.29 is 4.79 Å². The van der Waals surface area contributed by atoms with Crippen LogP contribution in [0, 0.1) is 6.92 Å². The second-order valence-electron chi connectivity index (χ2n) is 6.87. The van der Waals surface area contributed by atoms with Crippen molar-refractivity contribution in [2.24, 2.45) is 0 Å². The number of nitrogens with one attached hydrogen (secondary N) is 1. The summed E-state index contributed by atoms with van der Waals surface area (Å²) in [5.41, 5.74) is 3.55. The van der Waals surface area contributed by atoms with E-state index in [2.05, 4.69) is 20.3 Å². The topological polar surface area (TPSA) is 89.8 Å². The van der Waals surface area contributed by atoms with Crippen LogP contribution in [0.5, 0.6) is 0 Å². The van der Waals surface area contributed by atoms with Gasteiger partial charge in [-0.05, 0) is 44.7 Å². The molecule has 150 valence electrons. The second-order valence-corrected chi connectivity index (χ2v) is 8.69. The first kappa shape index (κ1) is 19.8. The molecule has 1 aliphatic rings. The van der Waals surface area contributed by atoms with Crippen LogP contribution in [-0.4, -0.2) is 31.2 Å². The lowest BCUT2D eigenvalue weighted by atomic mass is 9.97. The van der Waals surface area contributed by atoms with Crippen molar-refractivity contribution in [2.45, 2.75) is 44.2 Å². The van der Waals surface area contributed by atoms with Gasteiger partial charge in [-0.25, -0.2) is 9.78 Å². The number of pyridine rings is 1. The van der Waals surface area contributed by atoms with E-state index in [-0.39, 0.29) is 17.3 Å². The third kappa shape index (κ3) is 4.73. The maximum absolute atomic E-state index is 12.8. The molecule has 0 aliphatic heterocycles. The lowest BCUT2D eigenvalue weighted by Crippen LogP contribution is -2.31. The SMILES string of the molecule is Cc1csc(NC(=O)CSc2nc(=O)n(Cc3ccccn3)c3c2CCCC3)n1. The maximum Gasteiger partial charge on any atom is 0.349 e. The molecule has 0 aromatic carbocycles. The normalized spacial score (nSPS) is 13.1. The molecule has 3 aromatic heterocycles. The Labute approximate surface area is 176 Å². The van der Waals surface area contributed by atoms with Gasteiger partial charge < -0.3 is 5.32 Å². The lowest BCUT2D eigenvalue weighted by molar-refractivity contribution is -0.113. The van der Waals surface area contributed by atoms with E-state index in [1.807, 2.05) is 30.5 Å². The predicted molar refractivity (Wildman–Crippen MR) is 115 cm³/mol. The van der Waals surface area contributed by atoms with Gasteiger partial charge >= 0.3 is 5.69 Å². The summed E-state index contributed by atoms with van der Waals surface area (Å²) in [7, 11) is 0. The first-order chi connectivity index (χ1) is 14.1. The standard InChI is InChI=1S/C20H21N5O2S2/c1-13-11-29-19(22-13)23-17(26)12-28-18-15-7-2-3-8-16(15)25(20(27)24-18)10-14-6-4-5-9-21-14/h4-6,9,11H,2-3,7-8,10,12H2,1H3,(H,22,23,26). The van der Waals surface area contributed by atoms with Gasteiger partial charge in [0.25, 0.3) is 0 Å². The van der Waals surface area contributed by atoms with Gasteiger partial charge in [-0.15, -0.1) is 11.3 Å². The first-order valence-corrected chi connectivity index (χ1v) is 11.3. The fourth-order valence-corrected chi connectivity index (χ4v) is 4.97. The summed E-state index contributed by atoms with van der Waals surface area (Å²) in [6.45, 7) is 2.31. The molecule has 0 saturated carbocycles. The molecule has 7 nitrogen and oxygen atoms in total. The van der Waals surface area contributed by atoms with Crippen molar-refractivity contribution in [1.29, 1.82) is 0 Å². The Hall–Kier alpha value is -2.52. The van der Waals surface area contributed by atoms with Gasteiger partial charge in [0.15, 0.2) is 5.13 Å². The molecule has 3 aromatic rings.